The molecule has 0 aliphatic carbocycles. The molecule has 7 heteroatoms. The molecule has 0 radical (unpaired) electrons. The minimum atomic E-state index is 0.0381. The van der Waals surface area contributed by atoms with Gasteiger partial charge in [0.15, 0.2) is 0 Å². The van der Waals surface area contributed by atoms with Crippen molar-refractivity contribution in [2.24, 2.45) is 0 Å². The number of fused-ring (bicyclic) bond motifs is 1. The SMILES string of the molecule is CCn1cc(CN(C)C(=O)c2sc3ccccc3c2C2CCN(C(C)=O)C2)c(C)n1. The van der Waals surface area contributed by atoms with Gasteiger partial charge in [-0.2, -0.15) is 5.10 Å². The van der Waals surface area contributed by atoms with Gasteiger partial charge >= 0.3 is 0 Å². The highest BCUT2D eigenvalue weighted by Crippen LogP contribution is 2.40. The van der Waals surface area contributed by atoms with Crippen molar-refractivity contribution in [3.63, 3.8) is 0 Å². The number of rotatable bonds is 5. The third-order valence-electron chi connectivity index (χ3n) is 6.00. The summed E-state index contributed by atoms with van der Waals surface area (Å²) in [6, 6.07) is 8.22. The molecule has 1 aliphatic rings. The molecule has 1 atom stereocenters. The normalized spacial score (nSPS) is 16.4. The zero-order chi connectivity index (χ0) is 21.4. The number of nitrogens with zero attached hydrogens (tertiary/aromatic N) is 4. The molecule has 0 saturated carbocycles. The lowest BCUT2D eigenvalue weighted by Crippen LogP contribution is -2.28. The van der Waals surface area contributed by atoms with Gasteiger partial charge in [0.2, 0.25) is 5.91 Å². The molecule has 1 aliphatic heterocycles. The molecule has 1 saturated heterocycles. The van der Waals surface area contributed by atoms with Gasteiger partial charge in [0.25, 0.3) is 5.91 Å². The van der Waals surface area contributed by atoms with Gasteiger partial charge in [-0.1, -0.05) is 18.2 Å². The Bertz CT molecular complexity index is 1100. The summed E-state index contributed by atoms with van der Waals surface area (Å²) < 4.78 is 3.03. The molecule has 158 valence electrons. The predicted molar refractivity (Wildman–Crippen MR) is 120 cm³/mol. The van der Waals surface area contributed by atoms with Gasteiger partial charge < -0.3 is 9.80 Å². The lowest BCUT2D eigenvalue weighted by molar-refractivity contribution is -0.127. The second-order valence-electron chi connectivity index (χ2n) is 8.05. The van der Waals surface area contributed by atoms with Crippen molar-refractivity contribution in [2.75, 3.05) is 20.1 Å². The Morgan fingerprint density at radius 1 is 1.30 bits per heavy atom. The van der Waals surface area contributed by atoms with Gasteiger partial charge in [0, 0.05) is 62.5 Å². The van der Waals surface area contributed by atoms with E-state index < -0.39 is 0 Å². The minimum Gasteiger partial charge on any atom is -0.342 e. The molecule has 0 spiro atoms. The summed E-state index contributed by atoms with van der Waals surface area (Å²) in [5.41, 5.74) is 3.14. The van der Waals surface area contributed by atoms with Crippen LogP contribution in [0.5, 0.6) is 0 Å². The summed E-state index contributed by atoms with van der Waals surface area (Å²) in [5.74, 6) is 0.337. The lowest BCUT2D eigenvalue weighted by Gasteiger charge is -2.19. The minimum absolute atomic E-state index is 0.0381. The van der Waals surface area contributed by atoms with Crippen LogP contribution < -0.4 is 0 Å². The summed E-state index contributed by atoms with van der Waals surface area (Å²) in [7, 11) is 1.86. The van der Waals surface area contributed by atoms with E-state index in [0.717, 1.165) is 51.3 Å². The first-order valence-electron chi connectivity index (χ1n) is 10.4. The van der Waals surface area contributed by atoms with E-state index in [1.54, 1.807) is 23.2 Å². The highest BCUT2D eigenvalue weighted by Gasteiger charge is 2.32. The lowest BCUT2D eigenvalue weighted by atomic mass is 9.95. The highest BCUT2D eigenvalue weighted by molar-refractivity contribution is 7.21. The van der Waals surface area contributed by atoms with Crippen LogP contribution in [0.2, 0.25) is 0 Å². The van der Waals surface area contributed by atoms with E-state index in [2.05, 4.69) is 24.2 Å². The van der Waals surface area contributed by atoms with Crippen LogP contribution >= 0.6 is 11.3 Å². The van der Waals surface area contributed by atoms with Crippen molar-refractivity contribution >= 4 is 33.2 Å². The van der Waals surface area contributed by atoms with Crippen LogP contribution in [0.15, 0.2) is 30.5 Å². The monoisotopic (exact) mass is 424 g/mol. The number of carbonyl (C=O) groups is 2. The van der Waals surface area contributed by atoms with Crippen LogP contribution in [0.1, 0.15) is 52.7 Å². The number of carbonyl (C=O) groups excluding carboxylic acids is 2. The Morgan fingerprint density at radius 2 is 2.07 bits per heavy atom. The predicted octanol–water partition coefficient (Wildman–Crippen LogP) is 4.03. The standard InChI is InChI=1S/C23H28N4O2S/c1-5-27-14-18(15(2)24-27)12-25(4)23(29)22-21(17-10-11-26(13-17)16(3)28)19-8-6-7-9-20(19)30-22/h6-9,14,17H,5,10-13H2,1-4H3. The molecule has 0 N–H and O–H groups in total. The Balaban J connectivity index is 1.66. The van der Waals surface area contributed by atoms with E-state index in [4.69, 9.17) is 0 Å². The van der Waals surface area contributed by atoms with E-state index in [9.17, 15) is 9.59 Å². The van der Waals surface area contributed by atoms with Crippen molar-refractivity contribution in [3.8, 4) is 0 Å². The molecular formula is C23H28N4O2S. The number of thiophene rings is 1. The molecule has 3 heterocycles. The first-order chi connectivity index (χ1) is 14.4. The first kappa shape index (κ1) is 20.6. The highest BCUT2D eigenvalue weighted by atomic mass is 32.1. The van der Waals surface area contributed by atoms with Gasteiger partial charge in [-0.3, -0.25) is 14.3 Å². The van der Waals surface area contributed by atoms with Crippen LogP contribution in [-0.4, -0.2) is 51.5 Å². The van der Waals surface area contributed by atoms with Crippen LogP contribution in [-0.2, 0) is 17.9 Å². The maximum absolute atomic E-state index is 13.5. The van der Waals surface area contributed by atoms with Crippen LogP contribution in [0.3, 0.4) is 0 Å². The Kier molecular flexibility index (Phi) is 5.64. The number of hydrogen-bond donors (Lipinski definition) is 0. The maximum atomic E-state index is 13.5. The van der Waals surface area contributed by atoms with E-state index in [0.29, 0.717) is 13.1 Å². The van der Waals surface area contributed by atoms with Gasteiger partial charge in [-0.05, 0) is 37.3 Å². The second-order valence-corrected chi connectivity index (χ2v) is 9.10. The van der Waals surface area contributed by atoms with Crippen molar-refractivity contribution in [1.29, 1.82) is 0 Å². The molecule has 6 nitrogen and oxygen atoms in total. The number of hydrogen-bond acceptors (Lipinski definition) is 4. The van der Waals surface area contributed by atoms with Crippen LogP contribution in [0, 0.1) is 6.92 Å². The average molecular weight is 425 g/mol. The zero-order valence-electron chi connectivity index (χ0n) is 18.0. The third kappa shape index (κ3) is 3.74. The number of benzene rings is 1. The van der Waals surface area contributed by atoms with E-state index in [1.807, 2.05) is 41.9 Å². The molecule has 0 bridgehead atoms. The number of aromatic nitrogens is 2. The number of amides is 2. The summed E-state index contributed by atoms with van der Waals surface area (Å²) in [6.45, 7) is 8.44. The van der Waals surface area contributed by atoms with Gasteiger partial charge in [-0.15, -0.1) is 11.3 Å². The van der Waals surface area contributed by atoms with E-state index in [1.165, 1.54) is 0 Å². The van der Waals surface area contributed by atoms with Gasteiger partial charge in [-0.25, -0.2) is 0 Å². The second kappa shape index (κ2) is 8.22. The van der Waals surface area contributed by atoms with E-state index >= 15 is 0 Å². The molecular weight excluding hydrogens is 396 g/mol. The molecule has 2 amide bonds. The largest absolute Gasteiger partial charge is 0.342 e. The molecule has 1 aromatic carbocycles. The quantitative estimate of drug-likeness (QED) is 0.621. The number of aryl methyl sites for hydroxylation is 2. The topological polar surface area (TPSA) is 58.4 Å². The van der Waals surface area contributed by atoms with Crippen molar-refractivity contribution in [2.45, 2.75) is 46.2 Å². The molecule has 3 aromatic rings. The van der Waals surface area contributed by atoms with Gasteiger partial charge in [0.1, 0.15) is 0 Å². The van der Waals surface area contributed by atoms with Crippen molar-refractivity contribution in [1.82, 2.24) is 19.6 Å². The smallest absolute Gasteiger partial charge is 0.264 e. The molecule has 1 fully saturated rings. The Hall–Kier alpha value is -2.67. The van der Waals surface area contributed by atoms with Gasteiger partial charge in [0.05, 0.1) is 10.6 Å². The fourth-order valence-corrected chi connectivity index (χ4v) is 5.57. The van der Waals surface area contributed by atoms with E-state index in [-0.39, 0.29) is 17.7 Å². The number of likely N-dealkylation sites (tertiary alicyclic amines) is 1. The van der Waals surface area contributed by atoms with Crippen LogP contribution in [0.4, 0.5) is 0 Å². The Labute approximate surface area is 181 Å². The fourth-order valence-electron chi connectivity index (χ4n) is 4.29. The van der Waals surface area contributed by atoms with Crippen LogP contribution in [0.25, 0.3) is 10.1 Å². The summed E-state index contributed by atoms with van der Waals surface area (Å²) in [4.78, 5) is 29.9. The zero-order valence-corrected chi connectivity index (χ0v) is 18.8. The first-order valence-corrected chi connectivity index (χ1v) is 11.3. The maximum Gasteiger partial charge on any atom is 0.264 e. The fraction of sp³-hybridized carbons (Fsp3) is 0.435. The molecule has 4 rings (SSSR count). The molecule has 2 aromatic heterocycles. The summed E-state index contributed by atoms with van der Waals surface area (Å²) in [6.07, 6.45) is 2.92. The third-order valence-corrected chi connectivity index (χ3v) is 7.17. The average Bonchev–Trinajstić information content (AvgIpc) is 3.44. The Morgan fingerprint density at radius 3 is 2.73 bits per heavy atom. The summed E-state index contributed by atoms with van der Waals surface area (Å²) in [5, 5.41) is 5.64. The summed E-state index contributed by atoms with van der Waals surface area (Å²) >= 11 is 1.57. The molecule has 1 unspecified atom stereocenters. The molecule has 30 heavy (non-hydrogen) atoms. The van der Waals surface area contributed by atoms with Crippen molar-refractivity contribution < 1.29 is 9.59 Å². The van der Waals surface area contributed by atoms with Crippen molar-refractivity contribution in [3.05, 3.63) is 52.2 Å².